The standard InChI is InChI=1S/C23H22Cl2N4O2/c24-18-5-3-7-20(21(18)25)27-8-10-28(11-9-27)22(30)15-13-29(14-15)23(31)17-12-26-19-6-2-1-4-16(17)19/h1-7,12,15,26H,8-11,13-14H2. The van der Waals surface area contributed by atoms with Crippen molar-refractivity contribution in [1.82, 2.24) is 14.8 Å². The molecule has 2 fully saturated rings. The molecule has 2 amide bonds. The molecule has 3 aromatic rings. The van der Waals surface area contributed by atoms with Gasteiger partial charge in [-0.05, 0) is 18.2 Å². The molecule has 8 heteroatoms. The summed E-state index contributed by atoms with van der Waals surface area (Å²) in [7, 11) is 0. The molecule has 0 radical (unpaired) electrons. The Morgan fingerprint density at radius 2 is 1.65 bits per heavy atom. The Morgan fingerprint density at radius 1 is 0.903 bits per heavy atom. The first-order valence-corrected chi connectivity index (χ1v) is 11.1. The Hall–Kier alpha value is -2.70. The number of fused-ring (bicyclic) bond motifs is 1. The number of aromatic nitrogens is 1. The fraction of sp³-hybridized carbons (Fsp3) is 0.304. The van der Waals surface area contributed by atoms with E-state index in [0.717, 1.165) is 16.6 Å². The molecule has 0 bridgehead atoms. The summed E-state index contributed by atoms with van der Waals surface area (Å²) in [6.07, 6.45) is 1.75. The number of para-hydroxylation sites is 1. The zero-order valence-corrected chi connectivity index (χ0v) is 18.4. The van der Waals surface area contributed by atoms with E-state index in [9.17, 15) is 9.59 Å². The monoisotopic (exact) mass is 456 g/mol. The van der Waals surface area contributed by atoms with Gasteiger partial charge in [-0.2, -0.15) is 0 Å². The Balaban J connectivity index is 1.17. The van der Waals surface area contributed by atoms with Crippen LogP contribution in [0, 0.1) is 5.92 Å². The number of nitrogens with zero attached hydrogens (tertiary/aromatic N) is 3. The van der Waals surface area contributed by atoms with Gasteiger partial charge in [-0.1, -0.05) is 47.5 Å². The second kappa shape index (κ2) is 8.09. The van der Waals surface area contributed by atoms with Crippen LogP contribution in [0.1, 0.15) is 10.4 Å². The summed E-state index contributed by atoms with van der Waals surface area (Å²) >= 11 is 12.5. The van der Waals surface area contributed by atoms with Crippen LogP contribution in [-0.2, 0) is 4.79 Å². The first-order valence-electron chi connectivity index (χ1n) is 10.4. The summed E-state index contributed by atoms with van der Waals surface area (Å²) in [5.74, 6) is -0.0304. The average Bonchev–Trinajstić information content (AvgIpc) is 3.19. The minimum Gasteiger partial charge on any atom is -0.367 e. The lowest BCUT2D eigenvalue weighted by Crippen LogP contribution is -2.59. The Kier molecular flexibility index (Phi) is 5.28. The van der Waals surface area contributed by atoms with Crippen LogP contribution in [0.4, 0.5) is 5.69 Å². The smallest absolute Gasteiger partial charge is 0.256 e. The summed E-state index contributed by atoms with van der Waals surface area (Å²) in [5, 5.41) is 2.00. The highest BCUT2D eigenvalue weighted by molar-refractivity contribution is 6.43. The molecular formula is C23H22Cl2N4O2. The third-order valence-corrected chi connectivity index (χ3v) is 7.01. The van der Waals surface area contributed by atoms with Crippen molar-refractivity contribution in [2.75, 3.05) is 44.2 Å². The number of piperazine rings is 1. The van der Waals surface area contributed by atoms with Crippen LogP contribution < -0.4 is 4.90 Å². The van der Waals surface area contributed by atoms with Crippen LogP contribution in [0.15, 0.2) is 48.7 Å². The number of halogens is 2. The van der Waals surface area contributed by atoms with E-state index < -0.39 is 0 Å². The van der Waals surface area contributed by atoms with Gasteiger partial charge in [0.1, 0.15) is 0 Å². The van der Waals surface area contributed by atoms with Crippen molar-refractivity contribution in [2.24, 2.45) is 5.92 Å². The van der Waals surface area contributed by atoms with Crippen LogP contribution in [0.3, 0.4) is 0 Å². The van der Waals surface area contributed by atoms with E-state index >= 15 is 0 Å². The second-order valence-electron chi connectivity index (χ2n) is 8.04. The van der Waals surface area contributed by atoms with Gasteiger partial charge in [0.2, 0.25) is 5.91 Å². The molecule has 0 aliphatic carbocycles. The lowest BCUT2D eigenvalue weighted by atomic mass is 9.96. The molecule has 31 heavy (non-hydrogen) atoms. The lowest BCUT2D eigenvalue weighted by Gasteiger charge is -2.43. The van der Waals surface area contributed by atoms with Gasteiger partial charge in [0.05, 0.1) is 27.2 Å². The van der Waals surface area contributed by atoms with Crippen molar-refractivity contribution in [2.45, 2.75) is 0 Å². The molecule has 2 aliphatic rings. The van der Waals surface area contributed by atoms with E-state index in [-0.39, 0.29) is 17.7 Å². The van der Waals surface area contributed by atoms with E-state index in [0.29, 0.717) is 54.9 Å². The number of likely N-dealkylation sites (tertiary alicyclic amines) is 1. The molecular weight excluding hydrogens is 435 g/mol. The van der Waals surface area contributed by atoms with E-state index in [4.69, 9.17) is 23.2 Å². The molecule has 0 unspecified atom stereocenters. The molecule has 160 valence electrons. The Morgan fingerprint density at radius 3 is 2.42 bits per heavy atom. The topological polar surface area (TPSA) is 59.7 Å². The number of carbonyl (C=O) groups is 2. The molecule has 5 rings (SSSR count). The summed E-state index contributed by atoms with van der Waals surface area (Å²) in [6.45, 7) is 3.62. The highest BCUT2D eigenvalue weighted by Gasteiger charge is 2.39. The predicted molar refractivity (Wildman–Crippen MR) is 123 cm³/mol. The van der Waals surface area contributed by atoms with E-state index in [1.807, 2.05) is 41.3 Å². The zero-order chi connectivity index (χ0) is 21.5. The molecule has 3 heterocycles. The Labute approximate surface area is 190 Å². The molecule has 1 N–H and O–H groups in total. The van der Waals surface area contributed by atoms with Crippen molar-refractivity contribution in [1.29, 1.82) is 0 Å². The molecule has 0 atom stereocenters. The first kappa shape index (κ1) is 20.2. The van der Waals surface area contributed by atoms with Crippen LogP contribution in [-0.4, -0.2) is 65.9 Å². The summed E-state index contributed by atoms with van der Waals surface area (Å²) in [4.78, 5) is 34.7. The molecule has 2 saturated heterocycles. The largest absolute Gasteiger partial charge is 0.367 e. The maximum Gasteiger partial charge on any atom is 0.256 e. The van der Waals surface area contributed by atoms with E-state index in [2.05, 4.69) is 9.88 Å². The molecule has 0 spiro atoms. The van der Waals surface area contributed by atoms with Gasteiger partial charge in [-0.3, -0.25) is 9.59 Å². The number of hydrogen-bond acceptors (Lipinski definition) is 3. The normalized spacial score (nSPS) is 17.2. The predicted octanol–water partition coefficient (Wildman–Crippen LogP) is 3.90. The van der Waals surface area contributed by atoms with Crippen LogP contribution in [0.25, 0.3) is 10.9 Å². The van der Waals surface area contributed by atoms with Gasteiger partial charge in [-0.25, -0.2) is 0 Å². The highest BCUT2D eigenvalue weighted by atomic mass is 35.5. The minimum absolute atomic E-state index is 0.0260. The van der Waals surface area contributed by atoms with Gasteiger partial charge in [0.25, 0.3) is 5.91 Å². The molecule has 1 aromatic heterocycles. The first-order chi connectivity index (χ1) is 15.0. The number of aromatic amines is 1. The van der Waals surface area contributed by atoms with Gasteiger partial charge < -0.3 is 19.7 Å². The second-order valence-corrected chi connectivity index (χ2v) is 8.83. The molecule has 0 saturated carbocycles. The van der Waals surface area contributed by atoms with Crippen LogP contribution >= 0.6 is 23.2 Å². The molecule has 2 aromatic carbocycles. The number of amides is 2. The third-order valence-electron chi connectivity index (χ3n) is 6.20. The van der Waals surface area contributed by atoms with Crippen LogP contribution in [0.2, 0.25) is 10.0 Å². The number of H-pyrrole nitrogens is 1. The Bertz CT molecular complexity index is 1150. The zero-order valence-electron chi connectivity index (χ0n) is 16.9. The molecule has 2 aliphatic heterocycles. The number of hydrogen-bond donors (Lipinski definition) is 1. The number of rotatable bonds is 3. The van der Waals surface area contributed by atoms with Gasteiger partial charge in [-0.15, -0.1) is 0 Å². The van der Waals surface area contributed by atoms with Gasteiger partial charge >= 0.3 is 0 Å². The molecule has 6 nitrogen and oxygen atoms in total. The summed E-state index contributed by atoms with van der Waals surface area (Å²) in [6, 6.07) is 13.3. The summed E-state index contributed by atoms with van der Waals surface area (Å²) < 4.78 is 0. The van der Waals surface area contributed by atoms with Crippen molar-refractivity contribution in [3.05, 3.63) is 64.3 Å². The van der Waals surface area contributed by atoms with Crippen LogP contribution in [0.5, 0.6) is 0 Å². The highest BCUT2D eigenvalue weighted by Crippen LogP contribution is 2.33. The number of benzene rings is 2. The van der Waals surface area contributed by atoms with Crippen molar-refractivity contribution in [3.63, 3.8) is 0 Å². The summed E-state index contributed by atoms with van der Waals surface area (Å²) in [5.41, 5.74) is 2.51. The van der Waals surface area contributed by atoms with Crippen molar-refractivity contribution in [3.8, 4) is 0 Å². The lowest BCUT2D eigenvalue weighted by molar-refractivity contribution is -0.140. The number of nitrogens with one attached hydrogen (secondary N) is 1. The third kappa shape index (κ3) is 3.64. The quantitative estimate of drug-likeness (QED) is 0.649. The van der Waals surface area contributed by atoms with Gasteiger partial charge in [0, 0.05) is 56.4 Å². The van der Waals surface area contributed by atoms with E-state index in [1.165, 1.54) is 0 Å². The van der Waals surface area contributed by atoms with Crippen molar-refractivity contribution < 1.29 is 9.59 Å². The number of anilines is 1. The average molecular weight is 457 g/mol. The number of carbonyl (C=O) groups excluding carboxylic acids is 2. The maximum atomic E-state index is 12.9. The fourth-order valence-electron chi connectivity index (χ4n) is 4.38. The van der Waals surface area contributed by atoms with E-state index in [1.54, 1.807) is 17.2 Å². The minimum atomic E-state index is -0.129. The van der Waals surface area contributed by atoms with Gasteiger partial charge in [0.15, 0.2) is 0 Å². The SMILES string of the molecule is O=C(c1c[nH]c2ccccc12)N1CC(C(=O)N2CCN(c3cccc(Cl)c3Cl)CC2)C1. The fourth-order valence-corrected chi connectivity index (χ4v) is 4.80. The van der Waals surface area contributed by atoms with Crippen molar-refractivity contribution >= 4 is 51.6 Å². The maximum absolute atomic E-state index is 12.9.